The number of morpholine rings is 1. The van der Waals surface area contributed by atoms with Crippen LogP contribution in [0.2, 0.25) is 0 Å². The van der Waals surface area contributed by atoms with Gasteiger partial charge in [0.25, 0.3) is 0 Å². The van der Waals surface area contributed by atoms with E-state index in [4.69, 9.17) is 22.7 Å². The lowest BCUT2D eigenvalue weighted by molar-refractivity contribution is 0.0386. The Morgan fingerprint density at radius 3 is 2.95 bits per heavy atom. The summed E-state index contributed by atoms with van der Waals surface area (Å²) in [4.78, 5) is 3.43. The average Bonchev–Trinajstić information content (AvgIpc) is 2.39. The second-order valence-corrected chi connectivity index (χ2v) is 6.37. The molecule has 1 fully saturated rings. The topological polar surface area (TPSA) is 85.5 Å². The quantitative estimate of drug-likeness (QED) is 0.785. The number of nitrogens with two attached hydrogens (primary N) is 1. The number of thiocarbonyl (C=S) groups is 1. The summed E-state index contributed by atoms with van der Waals surface area (Å²) in [6.07, 6.45) is 1.42. The van der Waals surface area contributed by atoms with Crippen molar-refractivity contribution in [3.8, 4) is 0 Å². The first-order valence-electron chi connectivity index (χ1n) is 5.43. The normalized spacial score (nSPS) is 21.2. The molecule has 2 heterocycles. The summed E-state index contributed by atoms with van der Waals surface area (Å²) in [6.45, 7) is 0.371. The standard InChI is InChI=1S/C10H12FN3O3S2/c11-7-3-8(5-13-4-7)19(15,16)14-1-2-17-9(6-14)10(12)18/h3-5,9H,1-2,6H2,(H2,12,18). The largest absolute Gasteiger partial charge is 0.391 e. The van der Waals surface area contributed by atoms with E-state index in [-0.39, 0.29) is 29.6 Å². The monoisotopic (exact) mass is 305 g/mol. The minimum absolute atomic E-state index is 0.0220. The van der Waals surface area contributed by atoms with E-state index in [2.05, 4.69) is 4.98 Å². The van der Waals surface area contributed by atoms with Crippen LogP contribution in [0.15, 0.2) is 23.4 Å². The van der Waals surface area contributed by atoms with Gasteiger partial charge < -0.3 is 10.5 Å². The van der Waals surface area contributed by atoms with E-state index >= 15 is 0 Å². The number of aromatic nitrogens is 1. The Bertz CT molecular complexity index is 593. The summed E-state index contributed by atoms with van der Waals surface area (Å²) in [5.74, 6) is -0.708. The molecule has 0 aromatic carbocycles. The highest BCUT2D eigenvalue weighted by molar-refractivity contribution is 7.89. The number of rotatable bonds is 3. The molecule has 1 aromatic rings. The summed E-state index contributed by atoms with van der Waals surface area (Å²) in [6, 6.07) is 0.924. The molecule has 1 aromatic heterocycles. The fourth-order valence-corrected chi connectivity index (χ4v) is 3.24. The number of hydrogen-bond donors (Lipinski definition) is 1. The van der Waals surface area contributed by atoms with Gasteiger partial charge in [0.05, 0.1) is 12.8 Å². The van der Waals surface area contributed by atoms with Crippen LogP contribution < -0.4 is 5.73 Å². The summed E-state index contributed by atoms with van der Waals surface area (Å²) in [5, 5.41) is 0. The SMILES string of the molecule is NC(=S)C1CN(S(=O)(=O)c2cncc(F)c2)CCO1. The number of sulfonamides is 1. The van der Waals surface area contributed by atoms with Crippen molar-refractivity contribution in [2.45, 2.75) is 11.0 Å². The summed E-state index contributed by atoms with van der Waals surface area (Å²) < 4.78 is 44.1. The molecule has 1 atom stereocenters. The predicted octanol–water partition coefficient (Wildman–Crippen LogP) is -0.104. The van der Waals surface area contributed by atoms with Crippen LogP contribution in [-0.2, 0) is 14.8 Å². The highest BCUT2D eigenvalue weighted by atomic mass is 32.2. The highest BCUT2D eigenvalue weighted by Crippen LogP contribution is 2.18. The van der Waals surface area contributed by atoms with Crippen molar-refractivity contribution in [3.05, 3.63) is 24.3 Å². The van der Waals surface area contributed by atoms with Crippen molar-refractivity contribution in [1.29, 1.82) is 0 Å². The molecule has 0 radical (unpaired) electrons. The molecule has 1 aliphatic rings. The van der Waals surface area contributed by atoms with Crippen molar-refractivity contribution in [3.63, 3.8) is 0 Å². The van der Waals surface area contributed by atoms with Crippen molar-refractivity contribution >= 4 is 27.2 Å². The van der Waals surface area contributed by atoms with E-state index in [1.54, 1.807) is 0 Å². The van der Waals surface area contributed by atoms with Gasteiger partial charge in [-0.05, 0) is 6.07 Å². The Kier molecular flexibility index (Phi) is 4.09. The lowest BCUT2D eigenvalue weighted by atomic mass is 10.3. The number of ether oxygens (including phenoxy) is 1. The molecule has 1 unspecified atom stereocenters. The summed E-state index contributed by atoms with van der Waals surface area (Å²) in [5.41, 5.74) is 5.45. The average molecular weight is 305 g/mol. The van der Waals surface area contributed by atoms with Gasteiger partial charge in [0.1, 0.15) is 21.8 Å². The minimum Gasteiger partial charge on any atom is -0.391 e. The fourth-order valence-electron chi connectivity index (χ4n) is 1.70. The van der Waals surface area contributed by atoms with E-state index < -0.39 is 21.9 Å². The van der Waals surface area contributed by atoms with Crippen LogP contribution in [0, 0.1) is 5.82 Å². The molecule has 0 amide bonds. The van der Waals surface area contributed by atoms with E-state index in [0.717, 1.165) is 22.8 Å². The van der Waals surface area contributed by atoms with Crippen LogP contribution >= 0.6 is 12.2 Å². The smallest absolute Gasteiger partial charge is 0.244 e. The van der Waals surface area contributed by atoms with Crippen LogP contribution in [0.25, 0.3) is 0 Å². The molecular weight excluding hydrogens is 293 g/mol. The van der Waals surface area contributed by atoms with E-state index in [1.165, 1.54) is 0 Å². The van der Waals surface area contributed by atoms with Crippen molar-refractivity contribution in [2.75, 3.05) is 19.7 Å². The molecule has 1 aliphatic heterocycles. The van der Waals surface area contributed by atoms with Crippen LogP contribution in [0.5, 0.6) is 0 Å². The molecule has 2 rings (SSSR count). The first kappa shape index (κ1) is 14.3. The molecule has 0 aliphatic carbocycles. The molecule has 19 heavy (non-hydrogen) atoms. The number of halogens is 1. The zero-order chi connectivity index (χ0) is 14.0. The van der Waals surface area contributed by atoms with E-state index in [9.17, 15) is 12.8 Å². The number of pyridine rings is 1. The van der Waals surface area contributed by atoms with Crippen LogP contribution in [0.3, 0.4) is 0 Å². The molecule has 0 bridgehead atoms. The first-order chi connectivity index (χ1) is 8.91. The Balaban J connectivity index is 2.27. The van der Waals surface area contributed by atoms with Gasteiger partial charge in [-0.3, -0.25) is 4.98 Å². The second kappa shape index (κ2) is 5.45. The maximum absolute atomic E-state index is 13.1. The van der Waals surface area contributed by atoms with Gasteiger partial charge in [0, 0.05) is 19.3 Å². The van der Waals surface area contributed by atoms with Crippen LogP contribution in [0.4, 0.5) is 4.39 Å². The third-order valence-electron chi connectivity index (χ3n) is 2.66. The van der Waals surface area contributed by atoms with E-state index in [1.807, 2.05) is 0 Å². The molecule has 2 N–H and O–H groups in total. The first-order valence-corrected chi connectivity index (χ1v) is 7.27. The van der Waals surface area contributed by atoms with Crippen LogP contribution in [0.1, 0.15) is 0 Å². The molecule has 9 heteroatoms. The van der Waals surface area contributed by atoms with Crippen molar-refractivity contribution in [2.24, 2.45) is 5.73 Å². The zero-order valence-corrected chi connectivity index (χ0v) is 11.5. The molecule has 104 valence electrons. The second-order valence-electron chi connectivity index (χ2n) is 3.96. The lowest BCUT2D eigenvalue weighted by Gasteiger charge is -2.31. The molecular formula is C10H12FN3O3S2. The predicted molar refractivity (Wildman–Crippen MR) is 69.5 cm³/mol. The van der Waals surface area contributed by atoms with Gasteiger partial charge in [0.15, 0.2) is 0 Å². The van der Waals surface area contributed by atoms with Gasteiger partial charge in [-0.2, -0.15) is 4.31 Å². The Morgan fingerprint density at radius 2 is 2.32 bits per heavy atom. The molecule has 0 spiro atoms. The van der Waals surface area contributed by atoms with Crippen molar-refractivity contribution in [1.82, 2.24) is 9.29 Å². The minimum atomic E-state index is -3.82. The molecule has 6 nitrogen and oxygen atoms in total. The summed E-state index contributed by atoms with van der Waals surface area (Å²) >= 11 is 4.79. The maximum atomic E-state index is 13.1. The van der Waals surface area contributed by atoms with E-state index in [0.29, 0.717) is 0 Å². The molecule has 0 saturated carbocycles. The third-order valence-corrected chi connectivity index (χ3v) is 4.76. The number of nitrogens with zero attached hydrogens (tertiary/aromatic N) is 2. The van der Waals surface area contributed by atoms with Gasteiger partial charge in [-0.15, -0.1) is 0 Å². The Labute approximate surface area is 115 Å². The highest BCUT2D eigenvalue weighted by Gasteiger charge is 2.32. The summed E-state index contributed by atoms with van der Waals surface area (Å²) in [7, 11) is -3.82. The fraction of sp³-hybridized carbons (Fsp3) is 0.400. The van der Waals surface area contributed by atoms with Crippen molar-refractivity contribution < 1.29 is 17.5 Å². The van der Waals surface area contributed by atoms with Crippen LogP contribution in [-0.4, -0.2) is 48.5 Å². The number of hydrogen-bond acceptors (Lipinski definition) is 5. The molecule has 1 saturated heterocycles. The third kappa shape index (κ3) is 3.06. The lowest BCUT2D eigenvalue weighted by Crippen LogP contribution is -2.49. The zero-order valence-electron chi connectivity index (χ0n) is 9.82. The van der Waals surface area contributed by atoms with Gasteiger partial charge in [-0.1, -0.05) is 12.2 Å². The van der Waals surface area contributed by atoms with Gasteiger partial charge in [-0.25, -0.2) is 12.8 Å². The van der Waals surface area contributed by atoms with Gasteiger partial charge >= 0.3 is 0 Å². The maximum Gasteiger partial charge on any atom is 0.244 e. The van der Waals surface area contributed by atoms with Gasteiger partial charge in [0.2, 0.25) is 10.0 Å². The Hall–Kier alpha value is -1.16. The Morgan fingerprint density at radius 1 is 1.58 bits per heavy atom.